The molecule has 2 N–H and O–H groups in total. The molecule has 1 saturated heterocycles. The van der Waals surface area contributed by atoms with Crippen LogP contribution in [0.5, 0.6) is 0 Å². The number of aliphatic hydroxyl groups is 1. The van der Waals surface area contributed by atoms with E-state index in [4.69, 9.17) is 5.11 Å². The van der Waals surface area contributed by atoms with Gasteiger partial charge in [0.1, 0.15) is 0 Å². The molecule has 2 rings (SSSR count). The summed E-state index contributed by atoms with van der Waals surface area (Å²) in [6.45, 7) is 4.20. The van der Waals surface area contributed by atoms with Crippen molar-refractivity contribution in [3.8, 4) is 0 Å². The fourth-order valence-corrected chi connectivity index (χ4v) is 2.70. The number of aliphatic hydroxyl groups excluding tert-OH is 1. The number of carbonyl (C=O) groups is 1. The Bertz CT molecular complexity index is 442. The normalized spacial score (nSPS) is 18.2. The first-order valence-electron chi connectivity index (χ1n) is 7.37. The van der Waals surface area contributed by atoms with Crippen molar-refractivity contribution in [3.63, 3.8) is 0 Å². The van der Waals surface area contributed by atoms with Gasteiger partial charge in [0.05, 0.1) is 13.0 Å². The number of nitrogens with zero attached hydrogens (tertiary/aromatic N) is 1. The van der Waals surface area contributed by atoms with E-state index in [1.807, 2.05) is 31.2 Å². The van der Waals surface area contributed by atoms with Crippen LogP contribution in [0.1, 0.15) is 24.0 Å². The molecule has 0 aliphatic carbocycles. The van der Waals surface area contributed by atoms with Crippen LogP contribution in [0.4, 0.5) is 0 Å². The molecule has 1 atom stereocenters. The third kappa shape index (κ3) is 4.05. The Morgan fingerprint density at radius 2 is 2.25 bits per heavy atom. The highest BCUT2D eigenvalue weighted by atomic mass is 16.3. The molecule has 1 heterocycles. The number of rotatable bonds is 6. The first-order chi connectivity index (χ1) is 9.70. The quantitative estimate of drug-likeness (QED) is 0.818. The smallest absolute Gasteiger partial charge is 0.227 e. The summed E-state index contributed by atoms with van der Waals surface area (Å²) >= 11 is 0. The van der Waals surface area contributed by atoms with E-state index in [1.54, 1.807) is 4.90 Å². The minimum atomic E-state index is 0.0201. The van der Waals surface area contributed by atoms with Gasteiger partial charge in [-0.2, -0.15) is 0 Å². The highest BCUT2D eigenvalue weighted by Gasteiger charge is 2.21. The van der Waals surface area contributed by atoms with Crippen molar-refractivity contribution in [1.29, 1.82) is 0 Å². The molecule has 1 unspecified atom stereocenters. The highest BCUT2D eigenvalue weighted by Crippen LogP contribution is 2.11. The van der Waals surface area contributed by atoms with Crippen LogP contribution in [0.15, 0.2) is 24.3 Å². The summed E-state index contributed by atoms with van der Waals surface area (Å²) in [6.07, 6.45) is 2.70. The van der Waals surface area contributed by atoms with Crippen molar-refractivity contribution in [2.45, 2.75) is 32.2 Å². The molecule has 4 heteroatoms. The van der Waals surface area contributed by atoms with Crippen LogP contribution in [0.25, 0.3) is 0 Å². The Labute approximate surface area is 120 Å². The second-order valence-electron chi connectivity index (χ2n) is 5.46. The molecule has 0 radical (unpaired) electrons. The molecule has 0 saturated carbocycles. The van der Waals surface area contributed by atoms with Gasteiger partial charge in [-0.25, -0.2) is 0 Å². The first kappa shape index (κ1) is 15.0. The van der Waals surface area contributed by atoms with E-state index in [1.165, 1.54) is 6.42 Å². The van der Waals surface area contributed by atoms with E-state index in [2.05, 4.69) is 5.32 Å². The molecule has 110 valence electrons. The molecule has 1 amide bonds. The first-order valence-corrected chi connectivity index (χ1v) is 7.37. The minimum Gasteiger partial charge on any atom is -0.395 e. The summed E-state index contributed by atoms with van der Waals surface area (Å²) in [7, 11) is 0. The van der Waals surface area contributed by atoms with Gasteiger partial charge < -0.3 is 15.3 Å². The Kier molecular flexibility index (Phi) is 5.56. The lowest BCUT2D eigenvalue weighted by molar-refractivity contribution is -0.131. The van der Waals surface area contributed by atoms with Crippen LogP contribution in [-0.4, -0.2) is 48.2 Å². The molecule has 1 fully saturated rings. The van der Waals surface area contributed by atoms with Gasteiger partial charge >= 0.3 is 0 Å². The standard InChI is InChI=1S/C16H24N2O2/c1-13-5-2-3-6-14(13)11-16(20)18(9-10-19)12-15-7-4-8-17-15/h2-3,5-6,15,17,19H,4,7-12H2,1H3. The molecule has 1 aliphatic heterocycles. The third-order valence-corrected chi connectivity index (χ3v) is 3.93. The Morgan fingerprint density at radius 1 is 1.45 bits per heavy atom. The van der Waals surface area contributed by atoms with Gasteiger partial charge in [0.25, 0.3) is 0 Å². The summed E-state index contributed by atoms with van der Waals surface area (Å²) in [5, 5.41) is 12.6. The van der Waals surface area contributed by atoms with E-state index in [0.717, 1.165) is 24.1 Å². The lowest BCUT2D eigenvalue weighted by atomic mass is 10.1. The fraction of sp³-hybridized carbons (Fsp3) is 0.562. The molecule has 1 aromatic rings. The number of hydrogen-bond donors (Lipinski definition) is 2. The average molecular weight is 276 g/mol. The van der Waals surface area contributed by atoms with Gasteiger partial charge in [-0.1, -0.05) is 24.3 Å². The average Bonchev–Trinajstić information content (AvgIpc) is 2.94. The summed E-state index contributed by atoms with van der Waals surface area (Å²) in [5.74, 6) is 0.0991. The zero-order valence-corrected chi connectivity index (χ0v) is 12.1. The van der Waals surface area contributed by atoms with Gasteiger partial charge in [0.15, 0.2) is 0 Å². The van der Waals surface area contributed by atoms with Gasteiger partial charge in [0, 0.05) is 19.1 Å². The van der Waals surface area contributed by atoms with Crippen molar-refractivity contribution < 1.29 is 9.90 Å². The van der Waals surface area contributed by atoms with Crippen molar-refractivity contribution in [3.05, 3.63) is 35.4 Å². The van der Waals surface area contributed by atoms with Crippen molar-refractivity contribution in [2.24, 2.45) is 0 Å². The number of amides is 1. The van der Waals surface area contributed by atoms with Crippen LogP contribution in [0, 0.1) is 6.92 Å². The number of aryl methyl sites for hydroxylation is 1. The monoisotopic (exact) mass is 276 g/mol. The molecular weight excluding hydrogens is 252 g/mol. The van der Waals surface area contributed by atoms with Crippen molar-refractivity contribution >= 4 is 5.91 Å². The van der Waals surface area contributed by atoms with E-state index < -0.39 is 0 Å². The fourth-order valence-electron chi connectivity index (χ4n) is 2.70. The maximum atomic E-state index is 12.4. The van der Waals surface area contributed by atoms with Gasteiger partial charge in [-0.15, -0.1) is 0 Å². The predicted octanol–water partition coefficient (Wildman–Crippen LogP) is 1.11. The molecule has 1 aliphatic rings. The number of carbonyl (C=O) groups excluding carboxylic acids is 1. The number of hydrogen-bond acceptors (Lipinski definition) is 3. The van der Waals surface area contributed by atoms with Crippen LogP contribution < -0.4 is 5.32 Å². The Hall–Kier alpha value is -1.39. The Morgan fingerprint density at radius 3 is 2.90 bits per heavy atom. The lowest BCUT2D eigenvalue weighted by Crippen LogP contribution is -2.43. The topological polar surface area (TPSA) is 52.6 Å². The summed E-state index contributed by atoms with van der Waals surface area (Å²) in [5.41, 5.74) is 2.21. The molecule has 4 nitrogen and oxygen atoms in total. The van der Waals surface area contributed by atoms with Crippen LogP contribution in [0.3, 0.4) is 0 Å². The summed E-state index contributed by atoms with van der Waals surface area (Å²) in [4.78, 5) is 14.2. The van der Waals surface area contributed by atoms with Crippen LogP contribution in [-0.2, 0) is 11.2 Å². The zero-order chi connectivity index (χ0) is 14.4. The van der Waals surface area contributed by atoms with E-state index in [-0.39, 0.29) is 12.5 Å². The van der Waals surface area contributed by atoms with Crippen LogP contribution in [0.2, 0.25) is 0 Å². The van der Waals surface area contributed by atoms with E-state index in [9.17, 15) is 4.79 Å². The predicted molar refractivity (Wildman–Crippen MR) is 79.6 cm³/mol. The largest absolute Gasteiger partial charge is 0.395 e. The van der Waals surface area contributed by atoms with Crippen molar-refractivity contribution in [1.82, 2.24) is 10.2 Å². The molecular formula is C16H24N2O2. The molecule has 0 aromatic heterocycles. The molecule has 20 heavy (non-hydrogen) atoms. The van der Waals surface area contributed by atoms with Gasteiger partial charge in [0.2, 0.25) is 5.91 Å². The minimum absolute atomic E-state index is 0.0201. The second-order valence-corrected chi connectivity index (χ2v) is 5.46. The van der Waals surface area contributed by atoms with Crippen molar-refractivity contribution in [2.75, 3.05) is 26.2 Å². The zero-order valence-electron chi connectivity index (χ0n) is 12.1. The van der Waals surface area contributed by atoms with Gasteiger partial charge in [-0.05, 0) is 37.4 Å². The molecule has 0 bridgehead atoms. The third-order valence-electron chi connectivity index (χ3n) is 3.93. The lowest BCUT2D eigenvalue weighted by Gasteiger charge is -2.25. The number of nitrogens with one attached hydrogen (secondary N) is 1. The van der Waals surface area contributed by atoms with E-state index in [0.29, 0.717) is 25.6 Å². The Balaban J connectivity index is 1.97. The summed E-state index contributed by atoms with van der Waals surface area (Å²) < 4.78 is 0. The second kappa shape index (κ2) is 7.41. The maximum absolute atomic E-state index is 12.4. The van der Waals surface area contributed by atoms with E-state index >= 15 is 0 Å². The van der Waals surface area contributed by atoms with Crippen LogP contribution >= 0.6 is 0 Å². The number of benzene rings is 1. The highest BCUT2D eigenvalue weighted by molar-refractivity contribution is 5.79. The van der Waals surface area contributed by atoms with Gasteiger partial charge in [-0.3, -0.25) is 4.79 Å². The molecule has 1 aromatic carbocycles. The molecule has 0 spiro atoms. The summed E-state index contributed by atoms with van der Waals surface area (Å²) in [6, 6.07) is 8.35. The maximum Gasteiger partial charge on any atom is 0.227 e. The SMILES string of the molecule is Cc1ccccc1CC(=O)N(CCO)CC1CCCN1.